The molecule has 0 aliphatic rings. The van der Waals surface area contributed by atoms with Crippen molar-refractivity contribution in [3.05, 3.63) is 0 Å². The molecule has 0 fully saturated rings. The summed E-state index contributed by atoms with van der Waals surface area (Å²) in [5.74, 6) is -1.40. The smallest absolute Gasteiger partial charge is 0.129 e. The van der Waals surface area contributed by atoms with E-state index >= 15 is 0 Å². The Balaban J connectivity index is 6.15. The second-order valence-electron chi connectivity index (χ2n) is 1.17. The van der Waals surface area contributed by atoms with Gasteiger partial charge in [0.05, 0.1) is 0 Å². The predicted molar refractivity (Wildman–Crippen MR) is 38.2 cm³/mol. The number of ketones is 1. The number of hydrogen-bond acceptors (Lipinski definition) is 2. The molecule has 9 heavy (non-hydrogen) atoms. The van der Waals surface area contributed by atoms with Crippen LogP contribution in [0.3, 0.4) is 0 Å². The summed E-state index contributed by atoms with van der Waals surface area (Å²) >= 11 is 0. The summed E-state index contributed by atoms with van der Waals surface area (Å²) in [6.45, 7) is -2.95. The van der Waals surface area contributed by atoms with Crippen LogP contribution < -0.4 is 5.72 Å². The Morgan fingerprint density at radius 2 is 2.44 bits per heavy atom. The zero-order valence-corrected chi connectivity index (χ0v) is 4.86. The van der Waals surface area contributed by atoms with Crippen molar-refractivity contribution in [1.82, 2.24) is 0 Å². The molecule has 0 aliphatic carbocycles. The normalized spacial score (nSPS) is 37.6. The Hall–Kier alpha value is -0.370. The molecule has 0 bridgehead atoms. The van der Waals surface area contributed by atoms with E-state index in [1.807, 2.05) is 0 Å². The van der Waals surface area contributed by atoms with Crippen molar-refractivity contribution in [3.8, 4) is 0 Å². The van der Waals surface area contributed by atoms with Crippen LogP contribution in [0.2, 0.25) is 2.82 Å². The molecule has 0 aromatic heterocycles. The van der Waals surface area contributed by atoms with Crippen LogP contribution in [0.5, 0.6) is 0 Å². The monoisotopic (exact) mass is 141 g/mol. The van der Waals surface area contributed by atoms with E-state index < -0.39 is 43.5 Å². The highest BCUT2D eigenvalue weighted by Crippen LogP contribution is 1.98. The maximum atomic E-state index is 11.2. The van der Waals surface area contributed by atoms with Crippen molar-refractivity contribution in [2.24, 2.45) is 5.72 Å². The van der Waals surface area contributed by atoms with Gasteiger partial charge in [0.25, 0.3) is 0 Å². The maximum absolute atomic E-state index is 11.2. The lowest BCUT2D eigenvalue weighted by molar-refractivity contribution is -0.117. The van der Waals surface area contributed by atoms with Gasteiger partial charge < -0.3 is 10.5 Å². The molecule has 0 aromatic carbocycles. The van der Waals surface area contributed by atoms with E-state index in [0.717, 1.165) is 0 Å². The van der Waals surface area contributed by atoms with Crippen LogP contribution in [-0.4, -0.2) is 12.3 Å². The minimum atomic E-state index is -3.86. The van der Waals surface area contributed by atoms with Gasteiger partial charge in [-0.3, -0.25) is 0 Å². The van der Waals surface area contributed by atoms with Crippen LogP contribution in [0.15, 0.2) is 0 Å². The van der Waals surface area contributed by atoms with Gasteiger partial charge in [-0.15, -0.1) is 0 Å². The summed E-state index contributed by atoms with van der Waals surface area (Å²) in [6.07, 6.45) is -14.9. The molecular weight excluding hydrogens is 114 g/mol. The molecule has 0 aliphatic heterocycles. The second kappa shape index (κ2) is 5.76. The molecule has 0 rings (SSSR count). The maximum Gasteiger partial charge on any atom is 0.129 e. The molecule has 0 saturated heterocycles. The van der Waals surface area contributed by atoms with Crippen LogP contribution >= 0.6 is 0 Å². The fourth-order valence-corrected chi connectivity index (χ4v) is 0.178. The molecule has 2 heteroatoms. The zero-order chi connectivity index (χ0) is 17.7. The van der Waals surface area contributed by atoms with Crippen molar-refractivity contribution >= 4 is 5.78 Å². The van der Waals surface area contributed by atoms with E-state index in [9.17, 15) is 4.79 Å². The third kappa shape index (κ3) is 7.63. The molecule has 0 aromatic rings. The minimum absolute atomic E-state index is 0.652. The number of carbonyl (C=O) groups is 1. The Morgan fingerprint density at radius 3 is 3.00 bits per heavy atom. The van der Waals surface area contributed by atoms with E-state index in [4.69, 9.17) is 16.5 Å². The highest BCUT2D eigenvalue weighted by Gasteiger charge is 1.91. The molecule has 0 spiro atoms. The first-order chi connectivity index (χ1) is 8.89. The van der Waals surface area contributed by atoms with Crippen LogP contribution in [0, 0.1) is 0 Å². The number of hydrogen-bond donors (Lipinski definition) is 1. The van der Waals surface area contributed by atoms with Crippen LogP contribution in [0.25, 0.3) is 0 Å². The Kier molecular flexibility index (Phi) is 0.835. The van der Waals surface area contributed by atoms with Crippen molar-refractivity contribution < 1.29 is 21.3 Å². The van der Waals surface area contributed by atoms with Gasteiger partial charge in [0.2, 0.25) is 0 Å². The van der Waals surface area contributed by atoms with Gasteiger partial charge in [-0.1, -0.05) is 6.37 Å². The fourth-order valence-electron chi connectivity index (χ4n) is 0.178. The SMILES string of the molecule is [2H]N([2H])C([2H])([2H])C([2H])([2H])C([2H])([2H])C([2H])([2H])C([2H])([2H])C(C)=O. The lowest BCUT2D eigenvalue weighted by Gasteiger charge is -1.93. The first-order valence-corrected chi connectivity index (χ1v) is 2.18. The topological polar surface area (TPSA) is 43.1 Å². The molecule has 0 saturated carbocycles. The van der Waals surface area contributed by atoms with Crippen LogP contribution in [-0.2, 0) is 4.79 Å². The molecular formula is C7H15NO. The van der Waals surface area contributed by atoms with Gasteiger partial charge in [-0.2, -0.15) is 0 Å². The third-order valence-corrected chi connectivity index (χ3v) is 0.419. The summed E-state index contributed by atoms with van der Waals surface area (Å²) < 4.78 is 87.7. The van der Waals surface area contributed by atoms with Gasteiger partial charge in [-0.05, 0) is 26.2 Å². The van der Waals surface area contributed by atoms with Crippen LogP contribution in [0.1, 0.15) is 46.1 Å². The van der Waals surface area contributed by atoms with E-state index in [1.165, 1.54) is 0 Å². The Bertz CT molecular complexity index is 416. The molecule has 2 nitrogen and oxygen atoms in total. The molecule has 0 radical (unpaired) electrons. The van der Waals surface area contributed by atoms with Crippen molar-refractivity contribution in [2.45, 2.75) is 32.4 Å². The van der Waals surface area contributed by atoms with E-state index in [2.05, 4.69) is 0 Å². The quantitative estimate of drug-likeness (QED) is 0.602. The minimum Gasteiger partial charge on any atom is -0.330 e. The zero-order valence-electron chi connectivity index (χ0n) is 16.9. The fraction of sp³-hybridized carbons (Fsp3) is 0.857. The van der Waals surface area contributed by atoms with Crippen molar-refractivity contribution in [3.63, 3.8) is 0 Å². The molecule has 0 atom stereocenters. The lowest BCUT2D eigenvalue weighted by Crippen LogP contribution is -1.98. The molecule has 0 heterocycles. The molecule has 54 valence electrons. The van der Waals surface area contributed by atoms with Gasteiger partial charge in [-0.25, -0.2) is 0 Å². The largest absolute Gasteiger partial charge is 0.330 e. The summed E-state index contributed by atoms with van der Waals surface area (Å²) in [7, 11) is 0. The summed E-state index contributed by atoms with van der Waals surface area (Å²) in [5.41, 5.74) is -0.774. The first kappa shape index (κ1) is 1.30. The predicted octanol–water partition coefficient (Wildman–Crippen LogP) is 1.09. The van der Waals surface area contributed by atoms with Crippen molar-refractivity contribution in [1.29, 1.82) is 0 Å². The van der Waals surface area contributed by atoms with Crippen molar-refractivity contribution in [2.75, 3.05) is 6.50 Å². The average molecular weight is 141 g/mol. The number of Topliss-reactive ketones (excluding diaryl/α,β-unsaturated/α-hetero) is 1. The van der Waals surface area contributed by atoms with Crippen LogP contribution in [0.4, 0.5) is 0 Å². The Morgan fingerprint density at radius 1 is 1.67 bits per heavy atom. The molecule has 2 N–H and O–H groups in total. The van der Waals surface area contributed by atoms with Gasteiger partial charge in [0, 0.05) is 20.1 Å². The molecule has 0 amide bonds. The second-order valence-corrected chi connectivity index (χ2v) is 1.17. The number of nitrogens with two attached hydrogens (primary N) is 1. The van der Waals surface area contributed by atoms with Gasteiger partial charge >= 0.3 is 0 Å². The van der Waals surface area contributed by atoms with E-state index in [1.54, 1.807) is 0 Å². The number of carbonyl (C=O) groups excluding carboxylic acids is 1. The summed E-state index contributed by atoms with van der Waals surface area (Å²) in [5, 5.41) is 0. The standard InChI is InChI=1S/C7H15NO/c1-7(9)5-3-2-4-6-8/h2-6,8H2,1H3/i2D2,3D2,4D2,5D2,6D2/hD2. The Labute approximate surface area is 73.4 Å². The van der Waals surface area contributed by atoms with Gasteiger partial charge in [0.15, 0.2) is 0 Å². The summed E-state index contributed by atoms with van der Waals surface area (Å²) in [6, 6.07) is 0. The average Bonchev–Trinajstić information content (AvgIpc) is 2.27. The van der Waals surface area contributed by atoms with Gasteiger partial charge in [0.1, 0.15) is 8.61 Å². The lowest BCUT2D eigenvalue weighted by atomic mass is 10.1. The van der Waals surface area contributed by atoms with E-state index in [0.29, 0.717) is 6.92 Å². The molecule has 0 unspecified atom stereocenters. The third-order valence-electron chi connectivity index (χ3n) is 0.419. The summed E-state index contributed by atoms with van der Waals surface area (Å²) in [4.78, 5) is 11.2. The highest BCUT2D eigenvalue weighted by atomic mass is 16.1. The first-order valence-electron chi connectivity index (χ1n) is 8.07. The highest BCUT2D eigenvalue weighted by molar-refractivity contribution is 5.75. The number of rotatable bonds is 6. The van der Waals surface area contributed by atoms with E-state index in [-0.39, 0.29) is 0 Å².